The molecule has 0 atom stereocenters. The van der Waals surface area contributed by atoms with Crippen LogP contribution in [-0.2, 0) is 12.3 Å². The Bertz CT molecular complexity index is 860. The number of rotatable bonds is 6. The van der Waals surface area contributed by atoms with Gasteiger partial charge in [-0.05, 0) is 36.8 Å². The molecule has 4 nitrogen and oxygen atoms in total. The molecule has 1 heterocycles. The lowest BCUT2D eigenvalue weighted by molar-refractivity contribution is 0.687. The zero-order valence-corrected chi connectivity index (χ0v) is 16.2. The van der Waals surface area contributed by atoms with E-state index in [1.807, 2.05) is 32.3 Å². The topological polar surface area (TPSA) is 34.0 Å². The third-order valence-corrected chi connectivity index (χ3v) is 5.18. The number of nitrogens with zero attached hydrogens (tertiary/aromatic N) is 4. The van der Waals surface area contributed by atoms with Gasteiger partial charge >= 0.3 is 0 Å². The summed E-state index contributed by atoms with van der Waals surface area (Å²) in [5.41, 5.74) is 3.41. The predicted octanol–water partition coefficient (Wildman–Crippen LogP) is 4.98. The highest BCUT2D eigenvalue weighted by molar-refractivity contribution is 7.98. The Morgan fingerprint density at radius 3 is 2.60 bits per heavy atom. The maximum atomic E-state index is 6.06. The molecule has 2 aromatic carbocycles. The highest BCUT2D eigenvalue weighted by atomic mass is 35.5. The molecular weight excluding hydrogens is 352 g/mol. The fourth-order valence-corrected chi connectivity index (χ4v) is 3.75. The van der Waals surface area contributed by atoms with E-state index in [9.17, 15) is 0 Å². The van der Waals surface area contributed by atoms with Crippen LogP contribution in [0.2, 0.25) is 5.02 Å². The second-order valence-corrected chi connectivity index (χ2v) is 7.29. The highest BCUT2D eigenvalue weighted by Gasteiger charge is 2.14. The van der Waals surface area contributed by atoms with Crippen LogP contribution >= 0.6 is 23.4 Å². The average molecular weight is 373 g/mol. The second-order valence-electron chi connectivity index (χ2n) is 5.91. The van der Waals surface area contributed by atoms with Gasteiger partial charge in [-0.1, -0.05) is 47.6 Å². The second kappa shape index (κ2) is 7.93. The van der Waals surface area contributed by atoms with Crippen molar-refractivity contribution in [1.82, 2.24) is 14.8 Å². The summed E-state index contributed by atoms with van der Waals surface area (Å²) in [6.07, 6.45) is 0. The highest BCUT2D eigenvalue weighted by Crippen LogP contribution is 2.28. The summed E-state index contributed by atoms with van der Waals surface area (Å²) in [4.78, 5) is 2.09. The van der Waals surface area contributed by atoms with E-state index in [1.54, 1.807) is 11.8 Å². The lowest BCUT2D eigenvalue weighted by Gasteiger charge is -2.14. The summed E-state index contributed by atoms with van der Waals surface area (Å²) in [7, 11) is 4.08. The number of thioether (sulfide) groups is 1. The van der Waals surface area contributed by atoms with Crippen LogP contribution in [0.1, 0.15) is 12.5 Å². The predicted molar refractivity (Wildman–Crippen MR) is 106 cm³/mol. The van der Waals surface area contributed by atoms with E-state index in [4.69, 9.17) is 11.6 Å². The first-order chi connectivity index (χ1) is 12.1. The van der Waals surface area contributed by atoms with Crippen LogP contribution in [0.25, 0.3) is 11.4 Å². The van der Waals surface area contributed by atoms with Crippen molar-refractivity contribution in [2.45, 2.75) is 24.4 Å². The molecule has 0 saturated carbocycles. The van der Waals surface area contributed by atoms with Gasteiger partial charge in [0, 0.05) is 42.7 Å². The number of hydrogen-bond donors (Lipinski definition) is 0. The molecular formula is C19H21ClN4S. The van der Waals surface area contributed by atoms with E-state index in [0.717, 1.165) is 39.6 Å². The van der Waals surface area contributed by atoms with Crippen LogP contribution in [0, 0.1) is 0 Å². The van der Waals surface area contributed by atoms with Gasteiger partial charge in [-0.2, -0.15) is 0 Å². The van der Waals surface area contributed by atoms with Crippen LogP contribution in [0.4, 0.5) is 5.69 Å². The van der Waals surface area contributed by atoms with E-state index >= 15 is 0 Å². The fraction of sp³-hybridized carbons (Fsp3) is 0.263. The average Bonchev–Trinajstić information content (AvgIpc) is 3.03. The largest absolute Gasteiger partial charge is 0.378 e. The Balaban J connectivity index is 1.85. The Kier molecular flexibility index (Phi) is 5.66. The Morgan fingerprint density at radius 1 is 1.08 bits per heavy atom. The summed E-state index contributed by atoms with van der Waals surface area (Å²) < 4.78 is 2.16. The molecule has 0 bridgehead atoms. The van der Waals surface area contributed by atoms with Crippen LogP contribution in [0.15, 0.2) is 53.7 Å². The Hall–Kier alpha value is -1.98. The molecule has 1 aromatic heterocycles. The summed E-state index contributed by atoms with van der Waals surface area (Å²) >= 11 is 7.74. The zero-order chi connectivity index (χ0) is 17.8. The molecule has 6 heteroatoms. The first-order valence-corrected chi connectivity index (χ1v) is 9.53. The Labute approximate surface area is 157 Å². The minimum absolute atomic E-state index is 0.760. The van der Waals surface area contributed by atoms with E-state index in [-0.39, 0.29) is 0 Å². The van der Waals surface area contributed by atoms with Gasteiger partial charge < -0.3 is 9.47 Å². The number of hydrogen-bond acceptors (Lipinski definition) is 4. The molecule has 0 N–H and O–H groups in total. The molecule has 0 radical (unpaired) electrons. The minimum atomic E-state index is 0.760. The van der Waals surface area contributed by atoms with Crippen molar-refractivity contribution in [2.24, 2.45) is 0 Å². The van der Waals surface area contributed by atoms with Gasteiger partial charge in [0.2, 0.25) is 0 Å². The van der Waals surface area contributed by atoms with Crippen LogP contribution in [0.5, 0.6) is 0 Å². The van der Waals surface area contributed by atoms with Crippen molar-refractivity contribution >= 4 is 29.1 Å². The van der Waals surface area contributed by atoms with Gasteiger partial charge in [0.25, 0.3) is 0 Å². The molecule has 0 unspecified atom stereocenters. The molecule has 130 valence electrons. The first kappa shape index (κ1) is 17.8. The van der Waals surface area contributed by atoms with Crippen molar-refractivity contribution in [3.8, 4) is 11.4 Å². The molecule has 0 aliphatic carbocycles. The fourth-order valence-electron chi connectivity index (χ4n) is 2.59. The molecule has 0 aliphatic rings. The van der Waals surface area contributed by atoms with Crippen LogP contribution in [-0.4, -0.2) is 28.9 Å². The lowest BCUT2D eigenvalue weighted by Crippen LogP contribution is -2.08. The van der Waals surface area contributed by atoms with Crippen molar-refractivity contribution < 1.29 is 0 Å². The summed E-state index contributed by atoms with van der Waals surface area (Å²) in [5, 5.41) is 10.5. The zero-order valence-electron chi connectivity index (χ0n) is 14.6. The monoisotopic (exact) mass is 372 g/mol. The number of benzene rings is 2. The molecule has 3 aromatic rings. The summed E-state index contributed by atoms with van der Waals surface area (Å²) in [6, 6.07) is 16.3. The molecule has 0 spiro atoms. The molecule has 0 amide bonds. The first-order valence-electron chi connectivity index (χ1n) is 8.16. The van der Waals surface area contributed by atoms with E-state index in [0.29, 0.717) is 0 Å². The minimum Gasteiger partial charge on any atom is -0.378 e. The molecule has 0 fully saturated rings. The molecule has 25 heavy (non-hydrogen) atoms. The van der Waals surface area contributed by atoms with Gasteiger partial charge in [0.1, 0.15) is 0 Å². The lowest BCUT2D eigenvalue weighted by atomic mass is 10.2. The van der Waals surface area contributed by atoms with Gasteiger partial charge in [-0.3, -0.25) is 0 Å². The normalized spacial score (nSPS) is 10.9. The molecule has 0 saturated heterocycles. The summed E-state index contributed by atoms with van der Waals surface area (Å²) in [6.45, 7) is 2.94. The van der Waals surface area contributed by atoms with Crippen molar-refractivity contribution in [3.63, 3.8) is 0 Å². The maximum Gasteiger partial charge on any atom is 0.191 e. The number of aromatic nitrogens is 3. The number of anilines is 1. The van der Waals surface area contributed by atoms with E-state index in [2.05, 4.69) is 56.9 Å². The quantitative estimate of drug-likeness (QED) is 0.571. The van der Waals surface area contributed by atoms with E-state index < -0.39 is 0 Å². The smallest absolute Gasteiger partial charge is 0.191 e. The van der Waals surface area contributed by atoms with Gasteiger partial charge in [0.15, 0.2) is 11.0 Å². The van der Waals surface area contributed by atoms with Gasteiger partial charge in [-0.25, -0.2) is 0 Å². The van der Waals surface area contributed by atoms with Gasteiger partial charge in [0.05, 0.1) is 0 Å². The summed E-state index contributed by atoms with van der Waals surface area (Å²) in [5.74, 6) is 1.72. The third kappa shape index (κ3) is 4.17. The standard InChI is InChI=1S/C19H21ClN4S/c1-4-24-18(15-8-6-10-17(12-15)23(2)3)21-22-19(24)25-13-14-7-5-9-16(20)11-14/h5-12H,4,13H2,1-3H3. The van der Waals surface area contributed by atoms with Crippen molar-refractivity contribution in [2.75, 3.05) is 19.0 Å². The molecule has 3 rings (SSSR count). The Morgan fingerprint density at radius 2 is 1.88 bits per heavy atom. The number of halogens is 1. The van der Waals surface area contributed by atoms with Crippen LogP contribution in [0.3, 0.4) is 0 Å². The third-order valence-electron chi connectivity index (χ3n) is 3.91. The van der Waals surface area contributed by atoms with Crippen molar-refractivity contribution in [1.29, 1.82) is 0 Å². The molecule has 0 aliphatic heterocycles. The SMILES string of the molecule is CCn1c(SCc2cccc(Cl)c2)nnc1-c1cccc(N(C)C)c1. The van der Waals surface area contributed by atoms with E-state index in [1.165, 1.54) is 5.56 Å². The van der Waals surface area contributed by atoms with Gasteiger partial charge in [-0.15, -0.1) is 10.2 Å². The van der Waals surface area contributed by atoms with Crippen molar-refractivity contribution in [3.05, 3.63) is 59.1 Å². The maximum absolute atomic E-state index is 6.06. The van der Waals surface area contributed by atoms with Crippen LogP contribution < -0.4 is 4.90 Å².